The molecule has 1 saturated heterocycles. The molecule has 0 radical (unpaired) electrons. The quantitative estimate of drug-likeness (QED) is 0.864. The Morgan fingerprint density at radius 2 is 2.00 bits per heavy atom. The van der Waals surface area contributed by atoms with E-state index in [0.29, 0.717) is 12.1 Å². The SMILES string of the molecule is CC[C@H]1CCCN1N(C(C)C)[C@@H](CO)c1ccccc1. The zero-order valence-electron chi connectivity index (χ0n) is 13.0. The molecule has 0 saturated carbocycles. The molecule has 2 rings (SSSR count). The van der Waals surface area contributed by atoms with Crippen LogP contribution >= 0.6 is 0 Å². The van der Waals surface area contributed by atoms with Crippen molar-refractivity contribution in [2.75, 3.05) is 13.2 Å². The molecule has 1 heterocycles. The number of nitrogens with zero attached hydrogens (tertiary/aromatic N) is 2. The molecular formula is C17H28N2O. The van der Waals surface area contributed by atoms with Gasteiger partial charge in [-0.05, 0) is 38.7 Å². The molecule has 1 aromatic carbocycles. The first-order valence-corrected chi connectivity index (χ1v) is 7.89. The van der Waals surface area contributed by atoms with E-state index >= 15 is 0 Å². The first-order chi connectivity index (χ1) is 9.69. The Bertz CT molecular complexity index is 393. The predicted molar refractivity (Wildman–Crippen MR) is 83.3 cm³/mol. The Morgan fingerprint density at radius 3 is 2.55 bits per heavy atom. The fourth-order valence-electron chi connectivity index (χ4n) is 3.39. The highest BCUT2D eigenvalue weighted by Crippen LogP contribution is 2.31. The highest BCUT2D eigenvalue weighted by Gasteiger charge is 2.34. The van der Waals surface area contributed by atoms with E-state index in [4.69, 9.17) is 0 Å². The van der Waals surface area contributed by atoms with Crippen molar-refractivity contribution in [3.8, 4) is 0 Å². The van der Waals surface area contributed by atoms with E-state index in [1.807, 2.05) is 6.07 Å². The van der Waals surface area contributed by atoms with Gasteiger partial charge in [0.1, 0.15) is 0 Å². The number of hydrazine groups is 1. The molecule has 112 valence electrons. The van der Waals surface area contributed by atoms with Crippen molar-refractivity contribution in [3.05, 3.63) is 35.9 Å². The Balaban J connectivity index is 2.26. The van der Waals surface area contributed by atoms with Crippen LogP contribution in [0.3, 0.4) is 0 Å². The second-order valence-corrected chi connectivity index (χ2v) is 5.95. The minimum atomic E-state index is 0.0587. The van der Waals surface area contributed by atoms with Gasteiger partial charge in [0.25, 0.3) is 0 Å². The number of hydrogen-bond donors (Lipinski definition) is 1. The summed E-state index contributed by atoms with van der Waals surface area (Å²) in [6.45, 7) is 7.97. The van der Waals surface area contributed by atoms with Gasteiger partial charge in [0.2, 0.25) is 0 Å². The molecule has 3 heteroatoms. The molecule has 0 amide bonds. The highest BCUT2D eigenvalue weighted by molar-refractivity contribution is 5.19. The monoisotopic (exact) mass is 276 g/mol. The van der Waals surface area contributed by atoms with Crippen LogP contribution in [0.2, 0.25) is 0 Å². The number of hydrogen-bond acceptors (Lipinski definition) is 3. The van der Waals surface area contributed by atoms with Crippen LogP contribution < -0.4 is 0 Å². The van der Waals surface area contributed by atoms with Crippen LogP contribution in [-0.2, 0) is 0 Å². The van der Waals surface area contributed by atoms with Crippen molar-refractivity contribution in [2.45, 2.75) is 58.2 Å². The minimum absolute atomic E-state index is 0.0587. The zero-order valence-corrected chi connectivity index (χ0v) is 13.0. The fraction of sp³-hybridized carbons (Fsp3) is 0.647. The highest BCUT2D eigenvalue weighted by atomic mass is 16.3. The smallest absolute Gasteiger partial charge is 0.0729 e. The second kappa shape index (κ2) is 7.21. The number of rotatable bonds is 6. The van der Waals surface area contributed by atoms with E-state index in [-0.39, 0.29) is 12.6 Å². The van der Waals surface area contributed by atoms with Gasteiger partial charge in [0.05, 0.1) is 12.6 Å². The Kier molecular flexibility index (Phi) is 5.58. The Hall–Kier alpha value is -0.900. The minimum Gasteiger partial charge on any atom is -0.394 e. The zero-order chi connectivity index (χ0) is 14.5. The van der Waals surface area contributed by atoms with E-state index in [2.05, 4.69) is 55.1 Å². The van der Waals surface area contributed by atoms with Crippen molar-refractivity contribution in [3.63, 3.8) is 0 Å². The van der Waals surface area contributed by atoms with E-state index in [9.17, 15) is 5.11 Å². The molecule has 1 aliphatic rings. The molecule has 20 heavy (non-hydrogen) atoms. The molecule has 0 unspecified atom stereocenters. The van der Waals surface area contributed by atoms with Crippen LogP contribution in [0.4, 0.5) is 0 Å². The van der Waals surface area contributed by atoms with Gasteiger partial charge in [-0.25, -0.2) is 10.0 Å². The summed E-state index contributed by atoms with van der Waals surface area (Å²) in [4.78, 5) is 0. The number of aliphatic hydroxyl groups is 1. The first kappa shape index (κ1) is 15.5. The van der Waals surface area contributed by atoms with Crippen molar-refractivity contribution < 1.29 is 5.11 Å². The van der Waals surface area contributed by atoms with Gasteiger partial charge >= 0.3 is 0 Å². The largest absolute Gasteiger partial charge is 0.394 e. The molecule has 0 aromatic heterocycles. The number of benzene rings is 1. The molecule has 0 spiro atoms. The standard InChI is InChI=1S/C17H28N2O/c1-4-16-11-8-12-18(16)19(14(2)3)17(13-20)15-9-6-5-7-10-15/h5-7,9-10,14,16-17,20H,4,8,11-13H2,1-3H3/t16-,17-/m0/s1. The third kappa shape index (κ3) is 3.22. The summed E-state index contributed by atoms with van der Waals surface area (Å²) >= 11 is 0. The molecule has 2 atom stereocenters. The van der Waals surface area contributed by atoms with Gasteiger partial charge in [-0.15, -0.1) is 0 Å². The summed E-state index contributed by atoms with van der Waals surface area (Å²) < 4.78 is 0. The van der Waals surface area contributed by atoms with Gasteiger partial charge in [0, 0.05) is 18.6 Å². The van der Waals surface area contributed by atoms with Crippen molar-refractivity contribution in [1.82, 2.24) is 10.0 Å². The van der Waals surface area contributed by atoms with Crippen LogP contribution in [0.15, 0.2) is 30.3 Å². The molecule has 1 fully saturated rings. The van der Waals surface area contributed by atoms with Gasteiger partial charge in [-0.3, -0.25) is 0 Å². The average Bonchev–Trinajstić information content (AvgIpc) is 2.92. The predicted octanol–water partition coefficient (Wildman–Crippen LogP) is 3.22. The Labute approximate surface area is 123 Å². The lowest BCUT2D eigenvalue weighted by molar-refractivity contribution is -0.109. The molecule has 0 bridgehead atoms. The van der Waals surface area contributed by atoms with E-state index in [0.717, 1.165) is 6.54 Å². The maximum atomic E-state index is 9.95. The molecule has 1 N–H and O–H groups in total. The van der Waals surface area contributed by atoms with Gasteiger partial charge < -0.3 is 5.11 Å². The lowest BCUT2D eigenvalue weighted by Gasteiger charge is -2.43. The normalized spacial score (nSPS) is 21.8. The summed E-state index contributed by atoms with van der Waals surface area (Å²) in [6.07, 6.45) is 3.71. The molecular weight excluding hydrogens is 248 g/mol. The van der Waals surface area contributed by atoms with Gasteiger partial charge in [-0.1, -0.05) is 37.3 Å². The fourth-order valence-corrected chi connectivity index (χ4v) is 3.39. The van der Waals surface area contributed by atoms with Crippen molar-refractivity contribution in [1.29, 1.82) is 0 Å². The van der Waals surface area contributed by atoms with Crippen LogP contribution in [-0.4, -0.2) is 40.4 Å². The summed E-state index contributed by atoms with van der Waals surface area (Å²) in [5, 5.41) is 14.8. The molecule has 3 nitrogen and oxygen atoms in total. The lowest BCUT2D eigenvalue weighted by Crippen LogP contribution is -2.51. The maximum absolute atomic E-state index is 9.95. The van der Waals surface area contributed by atoms with Crippen molar-refractivity contribution in [2.24, 2.45) is 0 Å². The van der Waals surface area contributed by atoms with E-state index in [1.165, 1.54) is 24.8 Å². The number of aliphatic hydroxyl groups excluding tert-OH is 1. The van der Waals surface area contributed by atoms with Gasteiger partial charge in [-0.2, -0.15) is 0 Å². The van der Waals surface area contributed by atoms with Crippen LogP contribution in [0.5, 0.6) is 0 Å². The van der Waals surface area contributed by atoms with Crippen LogP contribution in [0.25, 0.3) is 0 Å². The van der Waals surface area contributed by atoms with Crippen molar-refractivity contribution >= 4 is 0 Å². The third-order valence-corrected chi connectivity index (χ3v) is 4.32. The summed E-state index contributed by atoms with van der Waals surface area (Å²) in [5.41, 5.74) is 1.20. The second-order valence-electron chi connectivity index (χ2n) is 5.95. The Morgan fingerprint density at radius 1 is 1.30 bits per heavy atom. The van der Waals surface area contributed by atoms with E-state index < -0.39 is 0 Å². The molecule has 1 aliphatic heterocycles. The maximum Gasteiger partial charge on any atom is 0.0729 e. The van der Waals surface area contributed by atoms with Gasteiger partial charge in [0.15, 0.2) is 0 Å². The summed E-state index contributed by atoms with van der Waals surface area (Å²) in [6, 6.07) is 11.4. The first-order valence-electron chi connectivity index (χ1n) is 7.89. The lowest BCUT2D eigenvalue weighted by atomic mass is 10.1. The summed E-state index contributed by atoms with van der Waals surface area (Å²) in [5.74, 6) is 0. The van der Waals surface area contributed by atoms with Crippen LogP contribution in [0.1, 0.15) is 51.6 Å². The summed E-state index contributed by atoms with van der Waals surface area (Å²) in [7, 11) is 0. The third-order valence-electron chi connectivity index (χ3n) is 4.32. The molecule has 1 aromatic rings. The van der Waals surface area contributed by atoms with E-state index in [1.54, 1.807) is 0 Å². The molecule has 0 aliphatic carbocycles. The average molecular weight is 276 g/mol. The topological polar surface area (TPSA) is 26.7 Å². The van der Waals surface area contributed by atoms with Crippen LogP contribution in [0, 0.1) is 0 Å².